The minimum Gasteiger partial charge on any atom is -0.353 e. The summed E-state index contributed by atoms with van der Waals surface area (Å²) in [5.41, 5.74) is 0.907. The first-order chi connectivity index (χ1) is 11.6. The number of hydrogen-bond acceptors (Lipinski definition) is 7. The monoisotopic (exact) mass is 343 g/mol. The third-order valence-corrected chi connectivity index (χ3v) is 4.98. The second-order valence-corrected chi connectivity index (χ2v) is 6.99. The molecule has 3 aromatic rings. The summed E-state index contributed by atoms with van der Waals surface area (Å²) in [6.45, 7) is 6.71. The summed E-state index contributed by atoms with van der Waals surface area (Å²) in [6.07, 6.45) is 3.18. The molecule has 124 valence electrons. The molecule has 0 spiro atoms. The van der Waals surface area contributed by atoms with Gasteiger partial charge in [0.1, 0.15) is 17.0 Å². The Balaban J connectivity index is 1.51. The van der Waals surface area contributed by atoms with E-state index >= 15 is 0 Å². The Morgan fingerprint density at radius 3 is 2.67 bits per heavy atom. The number of amides is 1. The standard InChI is InChI=1S/C15H17N7OS/c1-10-7-13(22-15(19-10)17-9-18-22)20-3-5-21(6-4-20)14(23)12-8-16-11(2)24-12/h7-9H,3-6H2,1-2H3. The molecular weight excluding hydrogens is 326 g/mol. The SMILES string of the molecule is Cc1cc(N2CCN(C(=O)c3cnc(C)s3)CC2)n2ncnc2n1. The first-order valence-electron chi connectivity index (χ1n) is 7.76. The molecule has 24 heavy (non-hydrogen) atoms. The Labute approximate surface area is 142 Å². The summed E-state index contributed by atoms with van der Waals surface area (Å²) < 4.78 is 1.75. The van der Waals surface area contributed by atoms with E-state index in [1.807, 2.05) is 24.8 Å². The lowest BCUT2D eigenvalue weighted by molar-refractivity contribution is 0.0751. The van der Waals surface area contributed by atoms with Crippen molar-refractivity contribution in [1.29, 1.82) is 0 Å². The molecule has 1 aliphatic rings. The molecule has 8 nitrogen and oxygen atoms in total. The average Bonchev–Trinajstić information content (AvgIpc) is 3.22. The summed E-state index contributed by atoms with van der Waals surface area (Å²) in [5.74, 6) is 1.64. The van der Waals surface area contributed by atoms with E-state index in [-0.39, 0.29) is 5.91 Å². The average molecular weight is 343 g/mol. The van der Waals surface area contributed by atoms with Crippen LogP contribution in [-0.4, -0.2) is 61.6 Å². The number of rotatable bonds is 2. The van der Waals surface area contributed by atoms with Gasteiger partial charge in [0.15, 0.2) is 0 Å². The second-order valence-electron chi connectivity index (χ2n) is 5.75. The number of piperazine rings is 1. The van der Waals surface area contributed by atoms with Crippen LogP contribution in [0, 0.1) is 13.8 Å². The van der Waals surface area contributed by atoms with Gasteiger partial charge in [-0.1, -0.05) is 0 Å². The lowest BCUT2D eigenvalue weighted by Gasteiger charge is -2.35. The minimum absolute atomic E-state index is 0.0667. The maximum atomic E-state index is 12.5. The first kappa shape index (κ1) is 15.0. The number of anilines is 1. The van der Waals surface area contributed by atoms with Crippen molar-refractivity contribution < 1.29 is 4.79 Å². The van der Waals surface area contributed by atoms with Crippen LogP contribution >= 0.6 is 11.3 Å². The smallest absolute Gasteiger partial charge is 0.265 e. The van der Waals surface area contributed by atoms with Crippen molar-refractivity contribution >= 4 is 28.8 Å². The van der Waals surface area contributed by atoms with Crippen molar-refractivity contribution in [2.24, 2.45) is 0 Å². The molecule has 0 aromatic carbocycles. The third kappa shape index (κ3) is 2.60. The Morgan fingerprint density at radius 1 is 1.17 bits per heavy atom. The number of aryl methyl sites for hydroxylation is 2. The van der Waals surface area contributed by atoms with Crippen molar-refractivity contribution in [2.45, 2.75) is 13.8 Å². The van der Waals surface area contributed by atoms with E-state index in [1.54, 1.807) is 10.7 Å². The molecule has 4 rings (SSSR count). The Kier molecular flexibility index (Phi) is 3.64. The zero-order valence-electron chi connectivity index (χ0n) is 13.5. The molecule has 3 aromatic heterocycles. The summed E-state index contributed by atoms with van der Waals surface area (Å²) in [5, 5.41) is 5.17. The van der Waals surface area contributed by atoms with Gasteiger partial charge in [0.05, 0.1) is 11.2 Å². The maximum absolute atomic E-state index is 12.5. The molecule has 0 saturated carbocycles. The van der Waals surface area contributed by atoms with Gasteiger partial charge < -0.3 is 9.80 Å². The molecular formula is C15H17N7OS. The van der Waals surface area contributed by atoms with Crippen molar-refractivity contribution in [3.05, 3.63) is 34.2 Å². The van der Waals surface area contributed by atoms with Crippen LogP contribution < -0.4 is 4.90 Å². The van der Waals surface area contributed by atoms with Gasteiger partial charge in [-0.15, -0.1) is 11.3 Å². The van der Waals surface area contributed by atoms with E-state index in [1.165, 1.54) is 17.7 Å². The van der Waals surface area contributed by atoms with Crippen LogP contribution in [0.25, 0.3) is 5.78 Å². The van der Waals surface area contributed by atoms with E-state index in [9.17, 15) is 4.79 Å². The van der Waals surface area contributed by atoms with Crippen LogP contribution in [0.2, 0.25) is 0 Å². The Bertz CT molecular complexity index is 894. The van der Waals surface area contributed by atoms with Crippen molar-refractivity contribution in [1.82, 2.24) is 29.5 Å². The fourth-order valence-corrected chi connectivity index (χ4v) is 3.64. The minimum atomic E-state index is 0.0667. The van der Waals surface area contributed by atoms with Crippen LogP contribution in [0.15, 0.2) is 18.6 Å². The highest BCUT2D eigenvalue weighted by atomic mass is 32.1. The molecule has 0 atom stereocenters. The van der Waals surface area contributed by atoms with E-state index in [0.717, 1.165) is 29.6 Å². The fraction of sp³-hybridized carbons (Fsp3) is 0.400. The van der Waals surface area contributed by atoms with Crippen molar-refractivity contribution in [3.63, 3.8) is 0 Å². The van der Waals surface area contributed by atoms with E-state index in [2.05, 4.69) is 25.0 Å². The second kappa shape index (κ2) is 5.82. The molecule has 0 bridgehead atoms. The van der Waals surface area contributed by atoms with Gasteiger partial charge in [0.25, 0.3) is 11.7 Å². The fourth-order valence-electron chi connectivity index (χ4n) is 2.89. The lowest BCUT2D eigenvalue weighted by atomic mass is 10.3. The highest BCUT2D eigenvalue weighted by molar-refractivity contribution is 7.13. The number of nitrogens with zero attached hydrogens (tertiary/aromatic N) is 7. The van der Waals surface area contributed by atoms with Crippen molar-refractivity contribution in [3.8, 4) is 0 Å². The Morgan fingerprint density at radius 2 is 1.96 bits per heavy atom. The number of hydrogen-bond donors (Lipinski definition) is 0. The molecule has 0 aliphatic carbocycles. The predicted molar refractivity (Wildman–Crippen MR) is 90.5 cm³/mol. The van der Waals surface area contributed by atoms with Gasteiger partial charge >= 0.3 is 0 Å². The van der Waals surface area contributed by atoms with Gasteiger partial charge in [-0.05, 0) is 13.8 Å². The van der Waals surface area contributed by atoms with E-state index in [0.29, 0.717) is 23.7 Å². The summed E-state index contributed by atoms with van der Waals surface area (Å²) in [4.78, 5) is 30.0. The Hall–Kier alpha value is -2.55. The van der Waals surface area contributed by atoms with Gasteiger partial charge in [-0.25, -0.2) is 9.97 Å². The van der Waals surface area contributed by atoms with Crippen LogP contribution in [0.4, 0.5) is 5.82 Å². The summed E-state index contributed by atoms with van der Waals surface area (Å²) in [7, 11) is 0. The number of thiazole rings is 1. The quantitative estimate of drug-likeness (QED) is 0.695. The summed E-state index contributed by atoms with van der Waals surface area (Å²) >= 11 is 1.45. The molecule has 9 heteroatoms. The molecule has 4 heterocycles. The molecule has 1 amide bonds. The molecule has 0 N–H and O–H groups in total. The van der Waals surface area contributed by atoms with Gasteiger partial charge in [0.2, 0.25) is 0 Å². The number of aromatic nitrogens is 5. The number of carbonyl (C=O) groups excluding carboxylic acids is 1. The molecule has 1 saturated heterocycles. The number of fused-ring (bicyclic) bond motifs is 1. The number of carbonyl (C=O) groups is 1. The highest BCUT2D eigenvalue weighted by Gasteiger charge is 2.25. The largest absolute Gasteiger partial charge is 0.353 e. The first-order valence-corrected chi connectivity index (χ1v) is 8.57. The highest BCUT2D eigenvalue weighted by Crippen LogP contribution is 2.20. The maximum Gasteiger partial charge on any atom is 0.265 e. The zero-order valence-corrected chi connectivity index (χ0v) is 14.3. The van der Waals surface area contributed by atoms with Crippen LogP contribution in [0.1, 0.15) is 20.4 Å². The van der Waals surface area contributed by atoms with Crippen LogP contribution in [0.5, 0.6) is 0 Å². The van der Waals surface area contributed by atoms with E-state index < -0.39 is 0 Å². The normalized spacial score (nSPS) is 15.2. The summed E-state index contributed by atoms with van der Waals surface area (Å²) in [6, 6.07) is 2.01. The molecule has 1 aliphatic heterocycles. The van der Waals surface area contributed by atoms with Crippen molar-refractivity contribution in [2.75, 3.05) is 31.1 Å². The van der Waals surface area contributed by atoms with Gasteiger partial charge in [-0.2, -0.15) is 14.6 Å². The van der Waals surface area contributed by atoms with Crippen LogP contribution in [-0.2, 0) is 0 Å². The zero-order chi connectivity index (χ0) is 16.7. The topological polar surface area (TPSA) is 79.5 Å². The van der Waals surface area contributed by atoms with Crippen LogP contribution in [0.3, 0.4) is 0 Å². The third-order valence-electron chi connectivity index (χ3n) is 4.08. The molecule has 0 unspecified atom stereocenters. The van der Waals surface area contributed by atoms with Gasteiger partial charge in [-0.3, -0.25) is 4.79 Å². The predicted octanol–water partition coefficient (Wildman–Crippen LogP) is 1.16. The van der Waals surface area contributed by atoms with Gasteiger partial charge in [0, 0.05) is 37.9 Å². The van der Waals surface area contributed by atoms with E-state index in [4.69, 9.17) is 0 Å². The molecule has 1 fully saturated rings. The lowest BCUT2D eigenvalue weighted by Crippen LogP contribution is -2.49. The molecule has 0 radical (unpaired) electrons.